The number of hydrogen-bond acceptors (Lipinski definition) is 5. The normalized spacial score (nSPS) is 12.0. The summed E-state index contributed by atoms with van der Waals surface area (Å²) < 4.78 is 10.9. The number of amides is 1. The van der Waals surface area contributed by atoms with Gasteiger partial charge < -0.3 is 14.6 Å². The number of benzene rings is 2. The van der Waals surface area contributed by atoms with Gasteiger partial charge in [-0.15, -0.1) is 0 Å². The van der Waals surface area contributed by atoms with Crippen molar-refractivity contribution in [3.63, 3.8) is 0 Å². The van der Waals surface area contributed by atoms with Crippen molar-refractivity contribution in [2.45, 2.75) is 6.10 Å². The first-order chi connectivity index (χ1) is 12.1. The molecule has 0 aromatic heterocycles. The number of rotatable bonds is 8. The summed E-state index contributed by atoms with van der Waals surface area (Å²) >= 11 is 5.79. The van der Waals surface area contributed by atoms with E-state index < -0.39 is 12.0 Å². The monoisotopic (exact) mass is 363 g/mol. The first-order valence-corrected chi connectivity index (χ1v) is 7.86. The minimum Gasteiger partial charge on any atom is -0.491 e. The summed E-state index contributed by atoms with van der Waals surface area (Å²) in [6.07, 6.45) is 1.96. The molecule has 6 nitrogen and oxygen atoms in total. The molecule has 1 atom stereocenters. The Bertz CT molecular complexity index is 700. The predicted molar refractivity (Wildman–Crippen MR) is 93.9 cm³/mol. The molecule has 0 aliphatic carbocycles. The summed E-state index contributed by atoms with van der Waals surface area (Å²) in [6, 6.07) is 13.8. The fourth-order valence-corrected chi connectivity index (χ4v) is 1.97. The van der Waals surface area contributed by atoms with Crippen molar-refractivity contribution in [2.24, 2.45) is 0 Å². The number of hydrogen-bond donors (Lipinski definition) is 3. The van der Waals surface area contributed by atoms with Gasteiger partial charge in [-0.3, -0.25) is 10.0 Å². The van der Waals surface area contributed by atoms with Crippen LogP contribution in [0, 0.1) is 0 Å². The lowest BCUT2D eigenvalue weighted by Gasteiger charge is -2.13. The van der Waals surface area contributed by atoms with E-state index >= 15 is 0 Å². The van der Waals surface area contributed by atoms with E-state index in [1.54, 1.807) is 54.6 Å². The van der Waals surface area contributed by atoms with E-state index in [9.17, 15) is 9.90 Å². The minimum absolute atomic E-state index is 0.0791. The van der Waals surface area contributed by atoms with Crippen LogP contribution in [0.25, 0.3) is 6.08 Å². The molecule has 0 saturated carbocycles. The van der Waals surface area contributed by atoms with Gasteiger partial charge in [-0.25, -0.2) is 5.48 Å². The van der Waals surface area contributed by atoms with Gasteiger partial charge in [0, 0.05) is 11.1 Å². The molecule has 132 valence electrons. The maximum absolute atomic E-state index is 10.9. The molecule has 0 fully saturated rings. The highest BCUT2D eigenvalue weighted by Crippen LogP contribution is 2.16. The van der Waals surface area contributed by atoms with E-state index in [0.717, 1.165) is 5.56 Å². The van der Waals surface area contributed by atoms with Crippen molar-refractivity contribution in [1.29, 1.82) is 0 Å². The van der Waals surface area contributed by atoms with Crippen LogP contribution in [0.15, 0.2) is 54.6 Å². The molecule has 2 rings (SSSR count). The van der Waals surface area contributed by atoms with E-state index in [0.29, 0.717) is 16.5 Å². The molecule has 0 aliphatic rings. The Morgan fingerprint density at radius 1 is 1.04 bits per heavy atom. The summed E-state index contributed by atoms with van der Waals surface area (Å²) in [5.74, 6) is 0.588. The SMILES string of the molecule is O=C(C=Cc1ccc(OCC(O)COc2ccc(Cl)cc2)cc1)NO. The molecule has 1 amide bonds. The second-order valence-corrected chi connectivity index (χ2v) is 5.54. The minimum atomic E-state index is -0.788. The van der Waals surface area contributed by atoms with Crippen LogP contribution < -0.4 is 15.0 Å². The molecule has 2 aromatic carbocycles. The molecule has 0 heterocycles. The summed E-state index contributed by atoms with van der Waals surface area (Å²) in [5, 5.41) is 18.9. The highest BCUT2D eigenvalue weighted by Gasteiger charge is 2.07. The lowest BCUT2D eigenvalue weighted by atomic mass is 10.2. The molecule has 0 saturated heterocycles. The first kappa shape index (κ1) is 18.8. The van der Waals surface area contributed by atoms with Crippen molar-refractivity contribution in [3.8, 4) is 11.5 Å². The third-order valence-electron chi connectivity index (χ3n) is 3.12. The van der Waals surface area contributed by atoms with E-state index in [-0.39, 0.29) is 13.2 Å². The quantitative estimate of drug-likeness (QED) is 0.381. The van der Waals surface area contributed by atoms with Gasteiger partial charge in [0.15, 0.2) is 0 Å². The topological polar surface area (TPSA) is 88.0 Å². The van der Waals surface area contributed by atoms with Crippen LogP contribution >= 0.6 is 11.6 Å². The van der Waals surface area contributed by atoms with Crippen molar-refractivity contribution in [1.82, 2.24) is 5.48 Å². The average Bonchev–Trinajstić information content (AvgIpc) is 2.64. The van der Waals surface area contributed by atoms with E-state index in [1.807, 2.05) is 0 Å². The molecule has 0 aliphatic heterocycles. The Kier molecular flexibility index (Phi) is 7.28. The molecule has 25 heavy (non-hydrogen) atoms. The number of carbonyl (C=O) groups is 1. The van der Waals surface area contributed by atoms with Crippen molar-refractivity contribution in [3.05, 3.63) is 65.2 Å². The number of aliphatic hydroxyl groups is 1. The van der Waals surface area contributed by atoms with Crippen LogP contribution in [-0.4, -0.2) is 35.5 Å². The van der Waals surface area contributed by atoms with Crippen LogP contribution in [0.4, 0.5) is 0 Å². The zero-order chi connectivity index (χ0) is 18.1. The predicted octanol–water partition coefficient (Wildman–Crippen LogP) is 2.68. The van der Waals surface area contributed by atoms with Gasteiger partial charge in [-0.05, 0) is 48.0 Å². The Balaban J connectivity index is 1.75. The molecule has 3 N–H and O–H groups in total. The van der Waals surface area contributed by atoms with Crippen LogP contribution in [0.5, 0.6) is 11.5 Å². The lowest BCUT2D eigenvalue weighted by molar-refractivity contribution is -0.124. The van der Waals surface area contributed by atoms with Crippen molar-refractivity contribution in [2.75, 3.05) is 13.2 Å². The summed E-state index contributed by atoms with van der Waals surface area (Å²) in [7, 11) is 0. The van der Waals surface area contributed by atoms with Crippen LogP contribution in [-0.2, 0) is 4.79 Å². The standard InChI is InChI=1S/C18H18ClNO5/c19-14-4-8-17(9-5-14)25-12-15(21)11-24-16-6-1-13(2-7-16)3-10-18(22)20-23/h1-10,15,21,23H,11-12H2,(H,20,22). The average molecular weight is 364 g/mol. The highest BCUT2D eigenvalue weighted by atomic mass is 35.5. The second-order valence-electron chi connectivity index (χ2n) is 5.11. The fourth-order valence-electron chi connectivity index (χ4n) is 1.85. The Labute approximate surface area is 150 Å². The van der Waals surface area contributed by atoms with Gasteiger partial charge in [0.05, 0.1) is 0 Å². The van der Waals surface area contributed by atoms with Gasteiger partial charge in [-0.1, -0.05) is 23.7 Å². The van der Waals surface area contributed by atoms with E-state index in [1.165, 1.54) is 11.6 Å². The molecule has 0 bridgehead atoms. The largest absolute Gasteiger partial charge is 0.491 e. The van der Waals surface area contributed by atoms with Gasteiger partial charge in [-0.2, -0.15) is 0 Å². The number of halogens is 1. The molecule has 1 unspecified atom stereocenters. The molecule has 0 radical (unpaired) electrons. The maximum Gasteiger partial charge on any atom is 0.267 e. The highest BCUT2D eigenvalue weighted by molar-refractivity contribution is 6.30. The second kappa shape index (κ2) is 9.68. The summed E-state index contributed by atoms with van der Waals surface area (Å²) in [4.78, 5) is 10.9. The number of nitrogens with one attached hydrogen (secondary N) is 1. The smallest absolute Gasteiger partial charge is 0.267 e. The summed E-state index contributed by atoms with van der Waals surface area (Å²) in [5.41, 5.74) is 2.28. The number of ether oxygens (including phenoxy) is 2. The van der Waals surface area contributed by atoms with Gasteiger partial charge in [0.2, 0.25) is 0 Å². The number of aliphatic hydroxyl groups excluding tert-OH is 1. The van der Waals surface area contributed by atoms with Crippen LogP contribution in [0.3, 0.4) is 0 Å². The molecular formula is C18H18ClNO5. The zero-order valence-electron chi connectivity index (χ0n) is 13.3. The Hall–Kier alpha value is -2.54. The van der Waals surface area contributed by atoms with Gasteiger partial charge in [0.1, 0.15) is 30.8 Å². The molecule has 0 spiro atoms. The Morgan fingerprint density at radius 2 is 1.56 bits per heavy atom. The first-order valence-electron chi connectivity index (χ1n) is 7.48. The fraction of sp³-hybridized carbons (Fsp3) is 0.167. The third-order valence-corrected chi connectivity index (χ3v) is 3.37. The maximum atomic E-state index is 10.9. The third kappa shape index (κ3) is 6.84. The number of hydroxylamine groups is 1. The van der Waals surface area contributed by atoms with Crippen LogP contribution in [0.2, 0.25) is 5.02 Å². The molecular weight excluding hydrogens is 346 g/mol. The molecule has 2 aromatic rings. The molecule has 7 heteroatoms. The Morgan fingerprint density at radius 3 is 2.08 bits per heavy atom. The van der Waals surface area contributed by atoms with Gasteiger partial charge >= 0.3 is 0 Å². The van der Waals surface area contributed by atoms with E-state index in [4.69, 9.17) is 26.3 Å². The van der Waals surface area contributed by atoms with Crippen molar-refractivity contribution >= 4 is 23.6 Å². The van der Waals surface area contributed by atoms with Crippen LogP contribution in [0.1, 0.15) is 5.56 Å². The summed E-state index contributed by atoms with van der Waals surface area (Å²) in [6.45, 7) is 0.175. The van der Waals surface area contributed by atoms with Crippen molar-refractivity contribution < 1.29 is 24.6 Å². The zero-order valence-corrected chi connectivity index (χ0v) is 14.0. The number of carbonyl (C=O) groups excluding carboxylic acids is 1. The van der Waals surface area contributed by atoms with Gasteiger partial charge in [0.25, 0.3) is 5.91 Å². The lowest BCUT2D eigenvalue weighted by Crippen LogP contribution is -2.25. The van der Waals surface area contributed by atoms with E-state index in [2.05, 4.69) is 0 Å².